The van der Waals surface area contributed by atoms with Gasteiger partial charge in [-0.05, 0) is 69.4 Å². The Morgan fingerprint density at radius 2 is 1.61 bits per heavy atom. The van der Waals surface area contributed by atoms with Gasteiger partial charge in [0.05, 0.1) is 11.0 Å². The van der Waals surface area contributed by atoms with Crippen LogP contribution in [-0.4, -0.2) is 36.3 Å². The normalized spacial score (nSPS) is 20.2. The lowest BCUT2D eigenvalue weighted by atomic mass is 9.79. The number of ketones is 1. The standard InChI is InChI=1S/C22H32O5S/c1-16(2)28(26,27)15-19-10-12-20(13-11-19)21(23)14-18-8-6-17(7-9-18)4-3-5-22(24)25/h6-9,16,19-20H,3-5,10-15H2,1-2H3,(H,24,25). The maximum atomic E-state index is 12.6. The number of aryl methyl sites for hydroxylation is 1. The molecule has 1 N–H and O–H groups in total. The van der Waals surface area contributed by atoms with E-state index in [2.05, 4.69) is 0 Å². The molecule has 1 aliphatic rings. The third-order valence-corrected chi connectivity index (χ3v) is 8.12. The van der Waals surface area contributed by atoms with Gasteiger partial charge in [0.2, 0.25) is 0 Å². The molecule has 0 spiro atoms. The largest absolute Gasteiger partial charge is 0.481 e. The highest BCUT2D eigenvalue weighted by molar-refractivity contribution is 7.91. The summed E-state index contributed by atoms with van der Waals surface area (Å²) < 4.78 is 24.2. The molecule has 1 aromatic carbocycles. The van der Waals surface area contributed by atoms with Crippen molar-refractivity contribution in [1.82, 2.24) is 0 Å². The molecule has 1 saturated carbocycles. The van der Waals surface area contributed by atoms with E-state index in [0.717, 1.165) is 43.2 Å². The second-order valence-corrected chi connectivity index (χ2v) is 10.9. The van der Waals surface area contributed by atoms with Crippen LogP contribution in [0.2, 0.25) is 0 Å². The number of hydrogen-bond donors (Lipinski definition) is 1. The molecule has 0 unspecified atom stereocenters. The lowest BCUT2D eigenvalue weighted by Gasteiger charge is -2.28. The molecule has 0 atom stereocenters. The number of carbonyl (C=O) groups is 2. The fourth-order valence-electron chi connectivity index (χ4n) is 3.79. The first-order valence-corrected chi connectivity index (χ1v) is 11.9. The van der Waals surface area contributed by atoms with Crippen molar-refractivity contribution in [2.75, 3.05) is 5.75 Å². The summed E-state index contributed by atoms with van der Waals surface area (Å²) in [6.07, 6.45) is 5.11. The van der Waals surface area contributed by atoms with Crippen molar-refractivity contribution in [3.05, 3.63) is 35.4 Å². The highest BCUT2D eigenvalue weighted by Gasteiger charge is 2.29. The summed E-state index contributed by atoms with van der Waals surface area (Å²) in [4.78, 5) is 23.2. The molecule has 2 rings (SSSR count). The third kappa shape index (κ3) is 7.04. The predicted octanol–water partition coefficient (Wildman–Crippen LogP) is 3.84. The molecular weight excluding hydrogens is 376 g/mol. The van der Waals surface area contributed by atoms with E-state index in [0.29, 0.717) is 12.8 Å². The van der Waals surface area contributed by atoms with Crippen LogP contribution in [0.1, 0.15) is 63.5 Å². The Bertz CT molecular complexity index is 757. The highest BCUT2D eigenvalue weighted by Crippen LogP contribution is 2.31. The molecule has 1 aliphatic carbocycles. The Morgan fingerprint density at radius 3 is 2.14 bits per heavy atom. The van der Waals surface area contributed by atoms with Crippen molar-refractivity contribution >= 4 is 21.6 Å². The zero-order valence-corrected chi connectivity index (χ0v) is 17.7. The summed E-state index contributed by atoms with van der Waals surface area (Å²) in [5.41, 5.74) is 2.07. The molecule has 0 radical (unpaired) electrons. The molecule has 28 heavy (non-hydrogen) atoms. The average Bonchev–Trinajstić information content (AvgIpc) is 2.63. The number of aliphatic carboxylic acids is 1. The van der Waals surface area contributed by atoms with Gasteiger partial charge in [-0.3, -0.25) is 9.59 Å². The van der Waals surface area contributed by atoms with Crippen LogP contribution in [0.5, 0.6) is 0 Å². The minimum absolute atomic E-state index is 0.0354. The first-order chi connectivity index (χ1) is 13.2. The van der Waals surface area contributed by atoms with Gasteiger partial charge in [0.1, 0.15) is 5.78 Å². The van der Waals surface area contributed by atoms with E-state index in [4.69, 9.17) is 5.11 Å². The van der Waals surface area contributed by atoms with Crippen molar-refractivity contribution in [3.8, 4) is 0 Å². The molecular formula is C22H32O5S. The molecule has 6 heteroatoms. The van der Waals surface area contributed by atoms with Crippen LogP contribution in [-0.2, 0) is 32.3 Å². The van der Waals surface area contributed by atoms with Gasteiger partial charge in [-0.1, -0.05) is 24.3 Å². The second kappa shape index (κ2) is 10.2. The predicted molar refractivity (Wildman–Crippen MR) is 110 cm³/mol. The minimum Gasteiger partial charge on any atom is -0.481 e. The summed E-state index contributed by atoms with van der Waals surface area (Å²) in [6, 6.07) is 7.85. The van der Waals surface area contributed by atoms with E-state index in [1.165, 1.54) is 0 Å². The number of benzene rings is 1. The molecule has 0 saturated heterocycles. The van der Waals surface area contributed by atoms with Crippen LogP contribution in [0.15, 0.2) is 24.3 Å². The van der Waals surface area contributed by atoms with Gasteiger partial charge in [0.25, 0.3) is 0 Å². The van der Waals surface area contributed by atoms with Crippen LogP contribution in [0, 0.1) is 11.8 Å². The van der Waals surface area contributed by atoms with Crippen LogP contribution in [0.4, 0.5) is 0 Å². The van der Waals surface area contributed by atoms with E-state index >= 15 is 0 Å². The van der Waals surface area contributed by atoms with Crippen molar-refractivity contribution in [3.63, 3.8) is 0 Å². The maximum absolute atomic E-state index is 12.6. The van der Waals surface area contributed by atoms with Gasteiger partial charge in [-0.25, -0.2) is 8.42 Å². The summed E-state index contributed by atoms with van der Waals surface area (Å²) in [5.74, 6) is -0.0770. The van der Waals surface area contributed by atoms with Gasteiger partial charge < -0.3 is 5.11 Å². The molecule has 0 amide bonds. The van der Waals surface area contributed by atoms with E-state index in [9.17, 15) is 18.0 Å². The van der Waals surface area contributed by atoms with E-state index < -0.39 is 15.8 Å². The average molecular weight is 409 g/mol. The molecule has 0 heterocycles. The molecule has 0 bridgehead atoms. The van der Waals surface area contributed by atoms with Crippen LogP contribution in [0.3, 0.4) is 0 Å². The van der Waals surface area contributed by atoms with Gasteiger partial charge in [0.15, 0.2) is 9.84 Å². The Morgan fingerprint density at radius 1 is 1.04 bits per heavy atom. The molecule has 1 aromatic rings. The zero-order valence-electron chi connectivity index (χ0n) is 16.9. The second-order valence-electron chi connectivity index (χ2n) is 8.30. The summed E-state index contributed by atoms with van der Waals surface area (Å²) >= 11 is 0. The summed E-state index contributed by atoms with van der Waals surface area (Å²) in [7, 11) is -3.02. The van der Waals surface area contributed by atoms with Gasteiger partial charge in [0, 0.05) is 18.8 Å². The van der Waals surface area contributed by atoms with Gasteiger partial charge in [-0.15, -0.1) is 0 Å². The smallest absolute Gasteiger partial charge is 0.303 e. The number of Topliss-reactive ketones (excluding diaryl/α,β-unsaturated/α-hetero) is 1. The van der Waals surface area contributed by atoms with Crippen molar-refractivity contribution in [2.24, 2.45) is 11.8 Å². The molecule has 156 valence electrons. The Balaban J connectivity index is 1.78. The number of carbonyl (C=O) groups excluding carboxylic acids is 1. The molecule has 0 aromatic heterocycles. The first-order valence-electron chi connectivity index (χ1n) is 10.2. The number of hydrogen-bond acceptors (Lipinski definition) is 4. The SMILES string of the molecule is CC(C)S(=O)(=O)CC1CCC(C(=O)Cc2ccc(CCCC(=O)O)cc2)CC1. The molecule has 5 nitrogen and oxygen atoms in total. The fraction of sp³-hybridized carbons (Fsp3) is 0.636. The molecule has 0 aliphatic heterocycles. The van der Waals surface area contributed by atoms with Crippen LogP contribution >= 0.6 is 0 Å². The number of carboxylic acid groups (broad SMARTS) is 1. The molecule has 1 fully saturated rings. The third-order valence-electron chi connectivity index (χ3n) is 5.75. The summed E-state index contributed by atoms with van der Waals surface area (Å²) in [5, 5.41) is 8.35. The summed E-state index contributed by atoms with van der Waals surface area (Å²) in [6.45, 7) is 3.45. The first kappa shape index (κ1) is 22.6. The van der Waals surface area contributed by atoms with E-state index in [1.54, 1.807) is 13.8 Å². The fourth-order valence-corrected chi connectivity index (χ4v) is 5.16. The topological polar surface area (TPSA) is 88.5 Å². The van der Waals surface area contributed by atoms with Crippen LogP contribution < -0.4 is 0 Å². The van der Waals surface area contributed by atoms with Crippen molar-refractivity contribution in [1.29, 1.82) is 0 Å². The quantitative estimate of drug-likeness (QED) is 0.635. The van der Waals surface area contributed by atoms with Gasteiger partial charge >= 0.3 is 5.97 Å². The van der Waals surface area contributed by atoms with E-state index in [-0.39, 0.29) is 35.0 Å². The van der Waals surface area contributed by atoms with Crippen molar-refractivity contribution in [2.45, 2.75) is 70.5 Å². The maximum Gasteiger partial charge on any atom is 0.303 e. The van der Waals surface area contributed by atoms with Gasteiger partial charge in [-0.2, -0.15) is 0 Å². The van der Waals surface area contributed by atoms with Crippen molar-refractivity contribution < 1.29 is 23.1 Å². The Labute approximate surface area is 168 Å². The minimum atomic E-state index is -3.02. The Kier molecular flexibility index (Phi) is 8.23. The lowest BCUT2D eigenvalue weighted by molar-refractivity contribution is -0.137. The number of carboxylic acids is 1. The highest BCUT2D eigenvalue weighted by atomic mass is 32.2. The zero-order chi connectivity index (χ0) is 20.7. The Hall–Kier alpha value is -1.69. The lowest BCUT2D eigenvalue weighted by Crippen LogP contribution is -2.29. The van der Waals surface area contributed by atoms with Crippen LogP contribution in [0.25, 0.3) is 0 Å². The number of sulfone groups is 1. The van der Waals surface area contributed by atoms with E-state index in [1.807, 2.05) is 24.3 Å². The number of rotatable bonds is 10. The monoisotopic (exact) mass is 408 g/mol.